The molecule has 0 aromatic rings. The van der Waals surface area contributed by atoms with Crippen LogP contribution in [0, 0.1) is 0 Å². The van der Waals surface area contributed by atoms with Crippen LogP contribution in [0.25, 0.3) is 0 Å². The Morgan fingerprint density at radius 1 is 0.500 bits per heavy atom. The fourth-order valence-corrected chi connectivity index (χ4v) is 1.46. The molecule has 0 aromatic carbocycles. The topological polar surface area (TPSA) is 55.4 Å². The van der Waals surface area contributed by atoms with Crippen LogP contribution in [-0.2, 0) is 28.8 Å². The van der Waals surface area contributed by atoms with E-state index in [-0.39, 0.29) is 0 Å². The Hall–Kier alpha value is -2.92. The molecule has 0 bridgehead atoms. The molecule has 6 nitrogen and oxygen atoms in total. The SMILES string of the molecule is C=C.C=C1OC(F)(C(F)(F)F)C(F)(C(F)(F)F)O1.C=C1OC(F)(F)C(F)(F)O1.FOC(F)(F)C(F)(F)OF. The molecular formula is C14H8F18O6. The van der Waals surface area contributed by atoms with Crippen LogP contribution in [0.4, 0.5) is 79.3 Å². The standard InChI is InChI=1S/C6H2F8O2.C4H2F4O2.C2F6O2.C2H4/c1-2-15-3(7,5(9,10)11)4(8,16-2)6(12,13)14;1-2-9-3(5,6)4(7,8)10-2;3-1(4,9-7)2(5,6)10-8;1-2/h1H2;1H2;;1-2H2. The van der Waals surface area contributed by atoms with E-state index in [0.29, 0.717) is 0 Å². The van der Waals surface area contributed by atoms with Gasteiger partial charge in [0.2, 0.25) is 0 Å². The summed E-state index contributed by atoms with van der Waals surface area (Å²) in [6.45, 7) is 11.0. The van der Waals surface area contributed by atoms with E-state index in [1.165, 1.54) is 9.88 Å². The van der Waals surface area contributed by atoms with E-state index in [1.54, 1.807) is 0 Å². The summed E-state index contributed by atoms with van der Waals surface area (Å²) in [7, 11) is 0. The van der Waals surface area contributed by atoms with Gasteiger partial charge in [-0.25, -0.2) is 0 Å². The van der Waals surface area contributed by atoms with Crippen LogP contribution in [0.1, 0.15) is 0 Å². The van der Waals surface area contributed by atoms with Gasteiger partial charge in [-0.05, 0) is 22.2 Å². The van der Waals surface area contributed by atoms with E-state index >= 15 is 0 Å². The van der Waals surface area contributed by atoms with E-state index in [9.17, 15) is 79.3 Å². The van der Waals surface area contributed by atoms with Crippen molar-refractivity contribution >= 4 is 0 Å². The average molecular weight is 614 g/mol. The largest absolute Gasteiger partial charge is 0.509 e. The first-order valence-electron chi connectivity index (χ1n) is 7.83. The highest BCUT2D eigenvalue weighted by Crippen LogP contribution is 2.58. The molecule has 2 unspecified atom stereocenters. The Bertz CT molecular complexity index is 763. The van der Waals surface area contributed by atoms with Crippen LogP contribution in [0.2, 0.25) is 0 Å². The zero-order chi connectivity index (χ0) is 31.4. The molecule has 0 saturated carbocycles. The van der Waals surface area contributed by atoms with Gasteiger partial charge in [0.15, 0.2) is 0 Å². The summed E-state index contributed by atoms with van der Waals surface area (Å²) in [5, 5.41) is 0. The van der Waals surface area contributed by atoms with Crippen molar-refractivity contribution in [3.8, 4) is 0 Å². The van der Waals surface area contributed by atoms with Crippen LogP contribution in [0.3, 0.4) is 0 Å². The predicted molar refractivity (Wildman–Crippen MR) is 77.8 cm³/mol. The van der Waals surface area contributed by atoms with Gasteiger partial charge in [-0.1, -0.05) is 0 Å². The van der Waals surface area contributed by atoms with Gasteiger partial charge in [-0.3, -0.25) is 0 Å². The number of ether oxygens (including phenoxy) is 4. The van der Waals surface area contributed by atoms with Crippen LogP contribution in [0.5, 0.6) is 0 Å². The van der Waals surface area contributed by atoms with Crippen molar-refractivity contribution in [1.29, 1.82) is 0 Å². The highest BCUT2D eigenvalue weighted by Gasteiger charge is 2.88. The molecule has 0 spiro atoms. The molecule has 38 heavy (non-hydrogen) atoms. The summed E-state index contributed by atoms with van der Waals surface area (Å²) < 4.78 is 224. The molecule has 2 fully saturated rings. The zero-order valence-corrected chi connectivity index (χ0v) is 17.1. The lowest BCUT2D eigenvalue weighted by atomic mass is 10.1. The summed E-state index contributed by atoms with van der Waals surface area (Å²) in [5.74, 6) is -14.2. The normalized spacial score (nSPS) is 26.1. The smallest absolute Gasteiger partial charge is 0.414 e. The molecule has 0 radical (unpaired) electrons. The van der Waals surface area contributed by atoms with Crippen LogP contribution in [0.15, 0.2) is 38.2 Å². The molecule has 24 heteroatoms. The van der Waals surface area contributed by atoms with Gasteiger partial charge >= 0.3 is 48.5 Å². The van der Waals surface area contributed by atoms with E-state index in [4.69, 9.17) is 0 Å². The highest BCUT2D eigenvalue weighted by atomic mass is 19.4. The van der Waals surface area contributed by atoms with E-state index in [2.05, 4.69) is 45.3 Å². The molecule has 2 aliphatic heterocycles. The number of rotatable bonds is 3. The Morgan fingerprint density at radius 3 is 0.842 bits per heavy atom. The van der Waals surface area contributed by atoms with Crippen molar-refractivity contribution < 1.29 is 108 Å². The van der Waals surface area contributed by atoms with Gasteiger partial charge in [0.25, 0.3) is 11.9 Å². The van der Waals surface area contributed by atoms with Crippen molar-refractivity contribution in [3.05, 3.63) is 38.2 Å². The van der Waals surface area contributed by atoms with Gasteiger partial charge in [0.1, 0.15) is 0 Å². The van der Waals surface area contributed by atoms with Crippen molar-refractivity contribution in [2.24, 2.45) is 0 Å². The zero-order valence-electron chi connectivity index (χ0n) is 17.1. The third kappa shape index (κ3) is 7.35. The minimum Gasteiger partial charge on any atom is -0.414 e. The third-order valence-electron chi connectivity index (χ3n) is 3.01. The Kier molecular flexibility index (Phi) is 11.2. The number of halogens is 18. The van der Waals surface area contributed by atoms with Crippen LogP contribution in [-0.4, -0.2) is 48.5 Å². The first-order chi connectivity index (χ1) is 16.6. The second-order valence-corrected chi connectivity index (χ2v) is 5.56. The molecule has 0 amide bonds. The van der Waals surface area contributed by atoms with Gasteiger partial charge < -0.3 is 18.9 Å². The number of alkyl halides is 16. The first-order valence-corrected chi connectivity index (χ1v) is 7.83. The lowest BCUT2D eigenvalue weighted by Crippen LogP contribution is -2.62. The molecule has 226 valence electrons. The Labute approximate surface area is 196 Å². The third-order valence-corrected chi connectivity index (χ3v) is 3.01. The fourth-order valence-electron chi connectivity index (χ4n) is 1.46. The summed E-state index contributed by atoms with van der Waals surface area (Å²) in [6, 6.07) is 0. The van der Waals surface area contributed by atoms with Crippen molar-refractivity contribution in [1.82, 2.24) is 0 Å². The maximum atomic E-state index is 13.0. The predicted octanol–water partition coefficient (Wildman–Crippen LogP) is 7.43. The average Bonchev–Trinajstić information content (AvgIpc) is 3.09. The molecule has 0 N–H and O–H groups in total. The van der Waals surface area contributed by atoms with Crippen LogP contribution >= 0.6 is 0 Å². The molecule has 2 aliphatic rings. The van der Waals surface area contributed by atoms with Gasteiger partial charge in [-0.15, -0.1) is 23.0 Å². The van der Waals surface area contributed by atoms with Gasteiger partial charge in [0, 0.05) is 0 Å². The highest BCUT2D eigenvalue weighted by molar-refractivity contribution is 5.06. The fraction of sp³-hybridized carbons (Fsp3) is 0.571. The number of hydrogen-bond donors (Lipinski definition) is 0. The minimum atomic E-state index is -6.28. The maximum absolute atomic E-state index is 13.0. The molecule has 0 aliphatic carbocycles. The quantitative estimate of drug-likeness (QED) is 0.244. The molecule has 2 heterocycles. The maximum Gasteiger partial charge on any atom is 0.509 e. The van der Waals surface area contributed by atoms with Crippen molar-refractivity contribution in [2.75, 3.05) is 0 Å². The van der Waals surface area contributed by atoms with Gasteiger partial charge in [0.05, 0.1) is 0 Å². The first kappa shape index (κ1) is 37.2. The second-order valence-electron chi connectivity index (χ2n) is 5.56. The monoisotopic (exact) mass is 614 g/mol. The second kappa shape index (κ2) is 11.4. The summed E-state index contributed by atoms with van der Waals surface area (Å²) in [6.07, 6.45) is -33.0. The molecule has 2 atom stereocenters. The molecular weight excluding hydrogens is 606 g/mol. The van der Waals surface area contributed by atoms with Crippen molar-refractivity contribution in [3.63, 3.8) is 0 Å². The lowest BCUT2D eigenvalue weighted by molar-refractivity contribution is -0.515. The summed E-state index contributed by atoms with van der Waals surface area (Å²) >= 11 is 0. The number of hydrogen-bond acceptors (Lipinski definition) is 6. The van der Waals surface area contributed by atoms with E-state index < -0.39 is 60.4 Å². The van der Waals surface area contributed by atoms with Crippen molar-refractivity contribution in [2.45, 2.75) is 48.5 Å². The lowest BCUT2D eigenvalue weighted by Gasteiger charge is -2.30. The molecule has 2 saturated heterocycles. The minimum absolute atomic E-state index is 1.07. The summed E-state index contributed by atoms with van der Waals surface area (Å²) in [5.41, 5.74) is 0. The van der Waals surface area contributed by atoms with E-state index in [1.807, 2.05) is 0 Å². The Balaban J connectivity index is 0. The van der Waals surface area contributed by atoms with Crippen LogP contribution < -0.4 is 0 Å². The summed E-state index contributed by atoms with van der Waals surface area (Å²) in [4.78, 5) is 2.89. The molecule has 2 rings (SSSR count). The van der Waals surface area contributed by atoms with Gasteiger partial charge in [-0.2, -0.15) is 70.2 Å². The Morgan fingerprint density at radius 2 is 0.711 bits per heavy atom. The van der Waals surface area contributed by atoms with E-state index in [0.717, 1.165) is 0 Å². The molecule has 0 aromatic heterocycles.